The zero-order valence-corrected chi connectivity index (χ0v) is 20.2. The van der Waals surface area contributed by atoms with Gasteiger partial charge in [-0.3, -0.25) is 4.79 Å². The van der Waals surface area contributed by atoms with Gasteiger partial charge in [-0.15, -0.1) is 0 Å². The number of nitrogens with zero attached hydrogens (tertiary/aromatic N) is 2. The fourth-order valence-corrected chi connectivity index (χ4v) is 4.76. The second kappa shape index (κ2) is 12.5. The van der Waals surface area contributed by atoms with Crippen LogP contribution in [0.5, 0.6) is 0 Å². The summed E-state index contributed by atoms with van der Waals surface area (Å²) in [5.41, 5.74) is 3.71. The topological polar surface area (TPSA) is 82.1 Å². The van der Waals surface area contributed by atoms with Gasteiger partial charge in [-0.25, -0.2) is 4.79 Å². The van der Waals surface area contributed by atoms with Gasteiger partial charge in [-0.1, -0.05) is 41.6 Å². The van der Waals surface area contributed by atoms with E-state index in [0.29, 0.717) is 19.5 Å². The molecule has 3 rings (SSSR count). The number of hydrogen-bond donors (Lipinski definition) is 2. The zero-order valence-electron chi connectivity index (χ0n) is 19.4. The molecule has 1 saturated heterocycles. The van der Waals surface area contributed by atoms with Crippen molar-refractivity contribution in [3.8, 4) is 0 Å². The number of anilines is 1. The van der Waals surface area contributed by atoms with Gasteiger partial charge in [0.25, 0.3) is 0 Å². The summed E-state index contributed by atoms with van der Waals surface area (Å²) < 4.78 is 5.30. The number of nitrogens with one attached hydrogen (secondary N) is 1. The number of carbonyl (C=O) groups is 2. The SMILES string of the molecule is Cc1ccc(Sc2ccccc2N2CCN(C(=O)OCCNC(=O)CCCO)CC2)c(C)c1. The molecule has 0 spiro atoms. The van der Waals surface area contributed by atoms with Crippen LogP contribution in [-0.2, 0) is 9.53 Å². The summed E-state index contributed by atoms with van der Waals surface area (Å²) in [7, 11) is 0. The van der Waals surface area contributed by atoms with Crippen LogP contribution in [0.4, 0.5) is 10.5 Å². The molecule has 2 N–H and O–H groups in total. The highest BCUT2D eigenvalue weighted by Gasteiger charge is 2.23. The number of ether oxygens (including phenoxy) is 1. The fourth-order valence-electron chi connectivity index (χ4n) is 3.72. The Labute approximate surface area is 200 Å². The molecule has 0 radical (unpaired) electrons. The smallest absolute Gasteiger partial charge is 0.409 e. The second-order valence-corrected chi connectivity index (χ2v) is 9.19. The van der Waals surface area contributed by atoms with Crippen molar-refractivity contribution in [1.82, 2.24) is 10.2 Å². The first-order chi connectivity index (χ1) is 16.0. The summed E-state index contributed by atoms with van der Waals surface area (Å²) in [6.07, 6.45) is 0.356. The van der Waals surface area contributed by atoms with Gasteiger partial charge in [0.05, 0.1) is 12.2 Å². The van der Waals surface area contributed by atoms with Crippen LogP contribution in [0.1, 0.15) is 24.0 Å². The lowest BCUT2D eigenvalue weighted by molar-refractivity contribution is -0.121. The number of rotatable bonds is 9. The lowest BCUT2D eigenvalue weighted by atomic mass is 10.2. The Balaban J connectivity index is 1.49. The highest BCUT2D eigenvalue weighted by Crippen LogP contribution is 2.37. The summed E-state index contributed by atoms with van der Waals surface area (Å²) in [6, 6.07) is 14.9. The maximum absolute atomic E-state index is 12.4. The molecule has 0 bridgehead atoms. The maximum Gasteiger partial charge on any atom is 0.409 e. The molecule has 0 aromatic heterocycles. The molecule has 0 aliphatic carbocycles. The van der Waals surface area contributed by atoms with Crippen molar-refractivity contribution in [3.05, 3.63) is 53.6 Å². The van der Waals surface area contributed by atoms with Crippen molar-refractivity contribution in [2.45, 2.75) is 36.5 Å². The highest BCUT2D eigenvalue weighted by molar-refractivity contribution is 7.99. The van der Waals surface area contributed by atoms with E-state index in [-0.39, 0.29) is 38.2 Å². The van der Waals surface area contributed by atoms with Gasteiger partial charge in [0.2, 0.25) is 5.91 Å². The van der Waals surface area contributed by atoms with E-state index in [1.807, 2.05) is 0 Å². The number of aliphatic hydroxyl groups excluding tert-OH is 1. The van der Waals surface area contributed by atoms with Gasteiger partial charge in [-0.05, 0) is 44.0 Å². The first-order valence-corrected chi connectivity index (χ1v) is 12.2. The molecule has 1 aliphatic rings. The van der Waals surface area contributed by atoms with Gasteiger partial charge < -0.3 is 25.0 Å². The van der Waals surface area contributed by atoms with Gasteiger partial charge in [0.1, 0.15) is 6.61 Å². The first kappa shape index (κ1) is 24.9. The molecule has 2 amide bonds. The Kier molecular flexibility index (Phi) is 9.45. The number of amides is 2. The molecule has 2 aromatic carbocycles. The van der Waals surface area contributed by atoms with Crippen molar-refractivity contribution >= 4 is 29.4 Å². The molecule has 8 heteroatoms. The minimum absolute atomic E-state index is 0.0108. The van der Waals surface area contributed by atoms with E-state index < -0.39 is 0 Å². The molecule has 2 aromatic rings. The lowest BCUT2D eigenvalue weighted by Gasteiger charge is -2.36. The molecule has 7 nitrogen and oxygen atoms in total. The lowest BCUT2D eigenvalue weighted by Crippen LogP contribution is -2.49. The number of aryl methyl sites for hydroxylation is 2. The van der Waals surface area contributed by atoms with Crippen LogP contribution in [0, 0.1) is 13.8 Å². The maximum atomic E-state index is 12.4. The van der Waals surface area contributed by atoms with E-state index in [1.54, 1.807) is 16.7 Å². The van der Waals surface area contributed by atoms with Crippen LogP contribution in [0.2, 0.25) is 0 Å². The van der Waals surface area contributed by atoms with Crippen LogP contribution < -0.4 is 10.2 Å². The molecule has 0 saturated carbocycles. The van der Waals surface area contributed by atoms with Crippen molar-refractivity contribution in [2.75, 3.05) is 50.8 Å². The number of hydrogen-bond acceptors (Lipinski definition) is 6. The van der Waals surface area contributed by atoms with Gasteiger partial charge in [0.15, 0.2) is 0 Å². The van der Waals surface area contributed by atoms with Gasteiger partial charge >= 0.3 is 6.09 Å². The zero-order chi connectivity index (χ0) is 23.6. The number of carbonyl (C=O) groups excluding carboxylic acids is 2. The number of piperazine rings is 1. The van der Waals surface area contributed by atoms with E-state index in [2.05, 4.69) is 66.5 Å². The third kappa shape index (κ3) is 7.40. The molecule has 0 atom stereocenters. The minimum Gasteiger partial charge on any atom is -0.448 e. The summed E-state index contributed by atoms with van der Waals surface area (Å²) in [5.74, 6) is -0.147. The minimum atomic E-state index is -0.350. The van der Waals surface area contributed by atoms with Crippen LogP contribution in [0.3, 0.4) is 0 Å². The standard InChI is InChI=1S/C25H33N3O4S/c1-19-9-10-22(20(2)18-19)33-23-7-4-3-6-21(23)27-12-14-28(15-13-27)25(31)32-17-11-26-24(30)8-5-16-29/h3-4,6-7,9-10,18,29H,5,8,11-17H2,1-2H3,(H,26,30). The van der Waals surface area contributed by atoms with Gasteiger partial charge in [-0.2, -0.15) is 0 Å². The van der Waals surface area contributed by atoms with Crippen LogP contribution in [-0.4, -0.2) is 67.9 Å². The van der Waals surface area contributed by atoms with Gasteiger partial charge in [0, 0.05) is 49.0 Å². The predicted octanol–water partition coefficient (Wildman–Crippen LogP) is 3.60. The summed E-state index contributed by atoms with van der Waals surface area (Å²) in [5, 5.41) is 11.4. The molecular formula is C25H33N3O4S. The Morgan fingerprint density at radius 1 is 1.06 bits per heavy atom. The Morgan fingerprint density at radius 2 is 1.82 bits per heavy atom. The van der Waals surface area contributed by atoms with Crippen LogP contribution in [0.25, 0.3) is 0 Å². The van der Waals surface area contributed by atoms with Crippen molar-refractivity contribution in [2.24, 2.45) is 0 Å². The van der Waals surface area contributed by atoms with E-state index in [4.69, 9.17) is 9.84 Å². The van der Waals surface area contributed by atoms with Crippen LogP contribution >= 0.6 is 11.8 Å². The monoisotopic (exact) mass is 471 g/mol. The van der Waals surface area contributed by atoms with Crippen LogP contribution in [0.15, 0.2) is 52.3 Å². The normalized spacial score (nSPS) is 13.7. The fraction of sp³-hybridized carbons (Fsp3) is 0.440. The first-order valence-electron chi connectivity index (χ1n) is 11.4. The molecule has 1 fully saturated rings. The summed E-state index contributed by atoms with van der Waals surface area (Å²) >= 11 is 1.78. The molecule has 1 aliphatic heterocycles. The third-order valence-corrected chi connectivity index (χ3v) is 6.75. The molecule has 1 heterocycles. The van der Waals surface area contributed by atoms with Crippen molar-refractivity contribution in [1.29, 1.82) is 0 Å². The van der Waals surface area contributed by atoms with Crippen molar-refractivity contribution in [3.63, 3.8) is 0 Å². The largest absolute Gasteiger partial charge is 0.448 e. The van der Waals surface area contributed by atoms with E-state index in [0.717, 1.165) is 13.1 Å². The van der Waals surface area contributed by atoms with E-state index in [9.17, 15) is 9.59 Å². The van der Waals surface area contributed by atoms with E-state index in [1.165, 1.54) is 26.6 Å². The average Bonchev–Trinajstić information content (AvgIpc) is 2.82. The number of aliphatic hydroxyl groups is 1. The molecule has 0 unspecified atom stereocenters. The van der Waals surface area contributed by atoms with Crippen molar-refractivity contribution < 1.29 is 19.4 Å². The Morgan fingerprint density at radius 3 is 2.55 bits per heavy atom. The molecule has 178 valence electrons. The Hall–Kier alpha value is -2.71. The third-order valence-electron chi connectivity index (χ3n) is 5.51. The quantitative estimate of drug-likeness (QED) is 0.544. The number of para-hydroxylation sites is 1. The summed E-state index contributed by atoms with van der Waals surface area (Å²) in [4.78, 5) is 30.4. The number of benzene rings is 2. The molecular weight excluding hydrogens is 438 g/mol. The predicted molar refractivity (Wildman–Crippen MR) is 131 cm³/mol. The highest BCUT2D eigenvalue weighted by atomic mass is 32.2. The summed E-state index contributed by atoms with van der Waals surface area (Å²) in [6.45, 7) is 7.29. The Bertz CT molecular complexity index is 945. The second-order valence-electron chi connectivity index (χ2n) is 8.10. The average molecular weight is 472 g/mol. The molecule has 33 heavy (non-hydrogen) atoms. The van der Waals surface area contributed by atoms with E-state index >= 15 is 0 Å².